The number of benzene rings is 3. The minimum Gasteiger partial charge on any atom is -0.492 e. The Morgan fingerprint density at radius 3 is 2.42 bits per heavy atom. The van der Waals surface area contributed by atoms with Crippen LogP contribution in [-0.2, 0) is 6.42 Å². The fourth-order valence-electron chi connectivity index (χ4n) is 4.65. The van der Waals surface area contributed by atoms with E-state index >= 15 is 0 Å². The van der Waals surface area contributed by atoms with E-state index in [1.54, 1.807) is 4.57 Å². The largest absolute Gasteiger partial charge is 0.492 e. The molecule has 1 atom stereocenters. The Morgan fingerprint density at radius 2 is 1.68 bits per heavy atom. The van der Waals surface area contributed by atoms with Gasteiger partial charge in [0.05, 0.1) is 11.6 Å². The molecule has 0 spiro atoms. The molecule has 0 radical (unpaired) electrons. The molecule has 5 nitrogen and oxygen atoms in total. The molecule has 0 fully saturated rings. The van der Waals surface area contributed by atoms with Crippen molar-refractivity contribution in [2.75, 3.05) is 17.3 Å². The van der Waals surface area contributed by atoms with E-state index in [0.717, 1.165) is 46.2 Å². The van der Waals surface area contributed by atoms with Crippen LogP contribution < -0.4 is 14.6 Å². The van der Waals surface area contributed by atoms with Crippen LogP contribution in [0.4, 0.5) is 5.82 Å². The molecule has 0 bridgehead atoms. The molecule has 3 aromatic carbocycles. The molecule has 1 aliphatic rings. The van der Waals surface area contributed by atoms with E-state index in [9.17, 15) is 4.79 Å². The van der Waals surface area contributed by atoms with Crippen LogP contribution in [0, 0.1) is 0 Å². The second-order valence-corrected chi connectivity index (χ2v) is 10.6. The molecule has 38 heavy (non-hydrogen) atoms. The number of carbonyl (C=O) groups is 1. The third-order valence-corrected chi connectivity index (χ3v) is 7.50. The van der Waals surface area contributed by atoms with Crippen LogP contribution in [0.15, 0.2) is 85.1 Å². The first kappa shape index (κ1) is 26.4. The topological polar surface area (TPSA) is 55.1 Å². The lowest BCUT2D eigenvalue weighted by Gasteiger charge is -2.10. The molecule has 5 rings (SSSR count). The summed E-state index contributed by atoms with van der Waals surface area (Å²) in [7, 11) is 0. The van der Waals surface area contributed by atoms with Gasteiger partial charge in [0, 0.05) is 22.9 Å². The van der Waals surface area contributed by atoms with Gasteiger partial charge < -0.3 is 4.74 Å². The summed E-state index contributed by atoms with van der Waals surface area (Å²) in [4.78, 5) is 18.7. The van der Waals surface area contributed by atoms with Gasteiger partial charge in [0.2, 0.25) is 6.04 Å². The Hall–Kier alpha value is -3.22. The molecule has 0 amide bonds. The number of aromatic nitrogens is 2. The summed E-state index contributed by atoms with van der Waals surface area (Å²) in [6, 6.07) is 25.1. The van der Waals surface area contributed by atoms with Crippen molar-refractivity contribution in [1.29, 1.82) is 0 Å². The minimum absolute atomic E-state index is 0.0644. The lowest BCUT2D eigenvalue weighted by atomic mass is 10.1. The van der Waals surface area contributed by atoms with Gasteiger partial charge in [-0.05, 0) is 30.5 Å². The number of carbonyl (C=O) groups excluding carboxylic acids is 1. The van der Waals surface area contributed by atoms with Crippen molar-refractivity contribution >= 4 is 39.3 Å². The van der Waals surface area contributed by atoms with Crippen LogP contribution in [0.3, 0.4) is 0 Å². The standard InChI is InChI=1S/C31H29BrClN3O2/c32-17-9-1-2-10-18-38-28-16-15-24(20-25(28)33)29-31(37)36-21-27(23-13-7-4-8-14-23)34-26(30(36)35-29)19-22-11-5-3-6-12-22/h3-8,11-16,20-21,29H,1-2,9-10,17-19H2/p+1. The normalized spacial score (nSPS) is 14.3. The molecular formula is C31H30BrClN3O2+. The fourth-order valence-corrected chi connectivity index (χ4v) is 5.29. The van der Waals surface area contributed by atoms with Crippen LogP contribution in [-0.4, -0.2) is 22.8 Å². The van der Waals surface area contributed by atoms with Gasteiger partial charge in [-0.1, -0.05) is 107 Å². The number of alkyl halides is 1. The van der Waals surface area contributed by atoms with Crippen molar-refractivity contribution < 1.29 is 14.1 Å². The number of anilines is 1. The molecule has 0 saturated carbocycles. The number of halogens is 2. The summed E-state index contributed by atoms with van der Waals surface area (Å²) in [5.41, 5.74) is 4.46. The molecule has 1 aromatic heterocycles. The van der Waals surface area contributed by atoms with Gasteiger partial charge >= 0.3 is 11.7 Å². The van der Waals surface area contributed by atoms with E-state index in [-0.39, 0.29) is 5.91 Å². The van der Waals surface area contributed by atoms with E-state index in [1.165, 1.54) is 12.8 Å². The lowest BCUT2D eigenvalue weighted by molar-refractivity contribution is -0.552. The highest BCUT2D eigenvalue weighted by Gasteiger charge is 2.42. The molecule has 0 saturated heterocycles. The summed E-state index contributed by atoms with van der Waals surface area (Å²) in [6.07, 6.45) is 6.90. The number of nitrogens with one attached hydrogen (secondary N) is 1. The maximum absolute atomic E-state index is 13.7. The Morgan fingerprint density at radius 1 is 0.947 bits per heavy atom. The smallest absolute Gasteiger partial charge is 0.363 e. The fraction of sp³-hybridized carbons (Fsp3) is 0.258. The zero-order chi connectivity index (χ0) is 26.3. The van der Waals surface area contributed by atoms with Gasteiger partial charge in [0.15, 0.2) is 0 Å². The van der Waals surface area contributed by atoms with Gasteiger partial charge in [0.1, 0.15) is 23.3 Å². The molecule has 1 N–H and O–H groups in total. The Kier molecular flexibility index (Phi) is 8.72. The zero-order valence-electron chi connectivity index (χ0n) is 21.1. The third-order valence-electron chi connectivity index (χ3n) is 6.65. The Labute approximate surface area is 237 Å². The summed E-state index contributed by atoms with van der Waals surface area (Å²) in [6.45, 7) is 0.625. The summed E-state index contributed by atoms with van der Waals surface area (Å²) in [5, 5.41) is 4.98. The predicted octanol–water partition coefficient (Wildman–Crippen LogP) is 7.42. The number of hydrogen-bond donors (Lipinski definition) is 1. The maximum Gasteiger partial charge on any atom is 0.363 e. The van der Waals surface area contributed by atoms with Crippen LogP contribution in [0.25, 0.3) is 11.3 Å². The lowest BCUT2D eigenvalue weighted by Crippen LogP contribution is -2.41. The maximum atomic E-state index is 13.7. The minimum atomic E-state index is -0.562. The molecular weight excluding hydrogens is 562 g/mol. The van der Waals surface area contributed by atoms with Gasteiger partial charge in [-0.3, -0.25) is 5.32 Å². The van der Waals surface area contributed by atoms with Crippen LogP contribution in [0.5, 0.6) is 5.75 Å². The highest BCUT2D eigenvalue weighted by Crippen LogP contribution is 2.33. The monoisotopic (exact) mass is 590 g/mol. The zero-order valence-corrected chi connectivity index (χ0v) is 23.4. The third kappa shape index (κ3) is 6.08. The molecule has 1 aliphatic heterocycles. The quantitative estimate of drug-likeness (QED) is 0.112. The van der Waals surface area contributed by atoms with E-state index in [0.29, 0.717) is 29.6 Å². The van der Waals surface area contributed by atoms with Crippen molar-refractivity contribution in [2.24, 2.45) is 0 Å². The molecule has 4 aromatic rings. The number of ether oxygens (including phenoxy) is 1. The van der Waals surface area contributed by atoms with E-state index in [1.807, 2.05) is 72.9 Å². The van der Waals surface area contributed by atoms with Gasteiger partial charge in [-0.2, -0.15) is 4.57 Å². The summed E-state index contributed by atoms with van der Waals surface area (Å²) >= 11 is 10.0. The summed E-state index contributed by atoms with van der Waals surface area (Å²) < 4.78 is 7.61. The highest BCUT2D eigenvalue weighted by atomic mass is 79.9. The average Bonchev–Trinajstić information content (AvgIpc) is 3.29. The molecule has 194 valence electrons. The van der Waals surface area contributed by atoms with E-state index in [4.69, 9.17) is 21.3 Å². The second-order valence-electron chi connectivity index (χ2n) is 9.38. The second kappa shape index (κ2) is 12.5. The highest BCUT2D eigenvalue weighted by molar-refractivity contribution is 9.09. The van der Waals surface area contributed by atoms with Crippen LogP contribution >= 0.6 is 27.5 Å². The van der Waals surface area contributed by atoms with Crippen LogP contribution in [0.2, 0.25) is 5.02 Å². The van der Waals surface area contributed by atoms with Crippen molar-refractivity contribution in [3.05, 3.63) is 107 Å². The number of rotatable bonds is 11. The van der Waals surface area contributed by atoms with E-state index in [2.05, 4.69) is 33.4 Å². The molecule has 1 unspecified atom stereocenters. The predicted molar refractivity (Wildman–Crippen MR) is 155 cm³/mol. The van der Waals surface area contributed by atoms with E-state index < -0.39 is 6.04 Å². The number of fused-ring (bicyclic) bond motifs is 1. The van der Waals surface area contributed by atoms with Crippen molar-refractivity contribution in [1.82, 2.24) is 4.98 Å². The SMILES string of the molecule is O=C1C(c2ccc(OCCCCCCBr)c(Cl)c2)Nc2c(Cc3ccccc3)nc(-c3ccccc3)c[n+]21. The van der Waals surface area contributed by atoms with Gasteiger partial charge in [0.25, 0.3) is 0 Å². The van der Waals surface area contributed by atoms with Gasteiger partial charge in [-0.15, -0.1) is 0 Å². The van der Waals surface area contributed by atoms with Crippen molar-refractivity contribution in [3.63, 3.8) is 0 Å². The number of unbranched alkanes of at least 4 members (excludes halogenated alkanes) is 3. The Balaban J connectivity index is 1.39. The number of nitrogens with zero attached hydrogens (tertiary/aromatic N) is 2. The van der Waals surface area contributed by atoms with Crippen LogP contribution in [0.1, 0.15) is 53.3 Å². The molecule has 7 heteroatoms. The van der Waals surface area contributed by atoms with Gasteiger partial charge in [-0.25, -0.2) is 9.78 Å². The summed E-state index contributed by atoms with van der Waals surface area (Å²) in [5.74, 6) is 1.29. The van der Waals surface area contributed by atoms with Crippen molar-refractivity contribution in [3.8, 4) is 17.0 Å². The molecule has 0 aliphatic carbocycles. The average molecular weight is 592 g/mol. The first-order valence-electron chi connectivity index (χ1n) is 13.0. The van der Waals surface area contributed by atoms with Crippen molar-refractivity contribution in [2.45, 2.75) is 38.1 Å². The Bertz CT molecular complexity index is 1400. The first-order chi connectivity index (χ1) is 18.6. The number of hydrogen-bond acceptors (Lipinski definition) is 4. The molecule has 2 heterocycles. The first-order valence-corrected chi connectivity index (χ1v) is 14.5.